The number of anilines is 2. The van der Waals surface area contributed by atoms with Gasteiger partial charge < -0.3 is 10.2 Å². The molecule has 1 aromatic carbocycles. The molecule has 1 amide bonds. The lowest BCUT2D eigenvalue weighted by Crippen LogP contribution is -2.43. The molecule has 0 aromatic heterocycles. The number of sulfone groups is 1. The molecule has 5 nitrogen and oxygen atoms in total. The van der Waals surface area contributed by atoms with Gasteiger partial charge in [-0.1, -0.05) is 18.9 Å². The van der Waals surface area contributed by atoms with Crippen molar-refractivity contribution in [2.75, 3.05) is 29.6 Å². The molecule has 0 aliphatic carbocycles. The molecule has 1 heterocycles. The normalized spacial score (nSPS) is 16.7. The Hall–Kier alpha value is -1.56. The maximum absolute atomic E-state index is 12.3. The molecule has 0 atom stereocenters. The highest BCUT2D eigenvalue weighted by Gasteiger charge is 2.38. The van der Waals surface area contributed by atoms with Crippen LogP contribution in [0.5, 0.6) is 0 Å². The van der Waals surface area contributed by atoms with E-state index < -0.39 is 20.5 Å². The zero-order chi connectivity index (χ0) is 17.1. The van der Waals surface area contributed by atoms with Crippen LogP contribution in [0, 0.1) is 0 Å². The summed E-state index contributed by atoms with van der Waals surface area (Å²) in [4.78, 5) is 14.6. The molecule has 0 spiro atoms. The lowest BCUT2D eigenvalue weighted by molar-refractivity contribution is -0.117. The van der Waals surface area contributed by atoms with Crippen LogP contribution in [0.15, 0.2) is 24.3 Å². The number of hydrogen-bond acceptors (Lipinski definition) is 4. The first kappa shape index (κ1) is 17.8. The van der Waals surface area contributed by atoms with Crippen LogP contribution in [0.25, 0.3) is 0 Å². The van der Waals surface area contributed by atoms with E-state index in [1.165, 1.54) is 39.5 Å². The lowest BCUT2D eigenvalue weighted by Gasteiger charge is -2.24. The SMILES string of the molecule is CC(C)(C(=O)Nc1cccc(N2CCCCCC2)c1)S(C)(=O)=O. The van der Waals surface area contributed by atoms with Gasteiger partial charge in [0.15, 0.2) is 9.84 Å². The van der Waals surface area contributed by atoms with Gasteiger partial charge in [-0.3, -0.25) is 4.79 Å². The highest BCUT2D eigenvalue weighted by Crippen LogP contribution is 2.24. The molecule has 1 saturated heterocycles. The number of amides is 1. The molecule has 23 heavy (non-hydrogen) atoms. The third kappa shape index (κ3) is 4.25. The van der Waals surface area contributed by atoms with E-state index in [4.69, 9.17) is 0 Å². The van der Waals surface area contributed by atoms with Crippen LogP contribution in [-0.4, -0.2) is 38.4 Å². The topological polar surface area (TPSA) is 66.5 Å². The standard InChI is InChI=1S/C17H26N2O3S/c1-17(2,23(3,21)22)16(20)18-14-9-8-10-15(13-14)19-11-6-4-5-7-12-19/h8-10,13H,4-7,11-12H2,1-3H3,(H,18,20). The highest BCUT2D eigenvalue weighted by atomic mass is 32.2. The van der Waals surface area contributed by atoms with Crippen molar-refractivity contribution >= 4 is 27.1 Å². The number of hydrogen-bond donors (Lipinski definition) is 1. The third-order valence-corrected chi connectivity index (χ3v) is 6.59. The molecule has 1 aliphatic heterocycles. The Morgan fingerprint density at radius 3 is 2.30 bits per heavy atom. The van der Waals surface area contributed by atoms with E-state index in [2.05, 4.69) is 10.2 Å². The van der Waals surface area contributed by atoms with E-state index in [1.54, 1.807) is 6.07 Å². The zero-order valence-electron chi connectivity index (χ0n) is 14.1. The average Bonchev–Trinajstić information content (AvgIpc) is 2.75. The van der Waals surface area contributed by atoms with Crippen LogP contribution < -0.4 is 10.2 Å². The van der Waals surface area contributed by atoms with E-state index in [0.29, 0.717) is 5.69 Å². The third-order valence-electron chi connectivity index (χ3n) is 4.55. The van der Waals surface area contributed by atoms with E-state index in [-0.39, 0.29) is 0 Å². The molecule has 1 fully saturated rings. The Kier molecular flexibility index (Phi) is 5.34. The fourth-order valence-electron chi connectivity index (χ4n) is 2.56. The highest BCUT2D eigenvalue weighted by molar-refractivity contribution is 7.92. The van der Waals surface area contributed by atoms with Crippen molar-refractivity contribution in [3.63, 3.8) is 0 Å². The van der Waals surface area contributed by atoms with Crippen molar-refractivity contribution < 1.29 is 13.2 Å². The molecule has 1 aliphatic rings. The van der Waals surface area contributed by atoms with Gasteiger partial charge in [0.05, 0.1) is 0 Å². The second-order valence-electron chi connectivity index (χ2n) is 6.69. The van der Waals surface area contributed by atoms with Crippen LogP contribution in [0.4, 0.5) is 11.4 Å². The number of carbonyl (C=O) groups excluding carboxylic acids is 1. The molecular weight excluding hydrogens is 312 g/mol. The van der Waals surface area contributed by atoms with E-state index in [1.807, 2.05) is 18.2 Å². The zero-order valence-corrected chi connectivity index (χ0v) is 14.9. The number of rotatable bonds is 4. The van der Waals surface area contributed by atoms with Crippen molar-refractivity contribution in [3.8, 4) is 0 Å². The van der Waals surface area contributed by atoms with Crippen molar-refractivity contribution in [2.24, 2.45) is 0 Å². The summed E-state index contributed by atoms with van der Waals surface area (Å²) < 4.78 is 22.1. The summed E-state index contributed by atoms with van der Waals surface area (Å²) in [5.74, 6) is -0.506. The molecule has 1 aromatic rings. The number of carbonyl (C=O) groups is 1. The molecule has 6 heteroatoms. The van der Waals surface area contributed by atoms with Crippen LogP contribution >= 0.6 is 0 Å². The van der Waals surface area contributed by atoms with Gasteiger partial charge in [0.1, 0.15) is 4.75 Å². The summed E-state index contributed by atoms with van der Waals surface area (Å²) in [6.45, 7) is 4.89. The number of nitrogens with zero attached hydrogens (tertiary/aromatic N) is 1. The Morgan fingerprint density at radius 1 is 1.13 bits per heavy atom. The summed E-state index contributed by atoms with van der Waals surface area (Å²) in [7, 11) is -3.48. The Labute approximate surface area is 139 Å². The van der Waals surface area contributed by atoms with Crippen molar-refractivity contribution in [2.45, 2.75) is 44.3 Å². The van der Waals surface area contributed by atoms with Gasteiger partial charge >= 0.3 is 0 Å². The van der Waals surface area contributed by atoms with Crippen LogP contribution in [0.3, 0.4) is 0 Å². The van der Waals surface area contributed by atoms with Crippen LogP contribution in [0.1, 0.15) is 39.5 Å². The molecule has 0 bridgehead atoms. The number of benzene rings is 1. The quantitative estimate of drug-likeness (QED) is 0.917. The van der Waals surface area contributed by atoms with Gasteiger partial charge in [-0.2, -0.15) is 0 Å². The van der Waals surface area contributed by atoms with E-state index >= 15 is 0 Å². The van der Waals surface area contributed by atoms with Crippen LogP contribution in [0.2, 0.25) is 0 Å². The van der Waals surface area contributed by atoms with Gasteiger partial charge in [0, 0.05) is 30.7 Å². The first-order valence-electron chi connectivity index (χ1n) is 8.08. The van der Waals surface area contributed by atoms with Gasteiger partial charge in [-0.15, -0.1) is 0 Å². The fraction of sp³-hybridized carbons (Fsp3) is 0.588. The molecule has 2 rings (SSSR count). The molecule has 1 N–H and O–H groups in total. The van der Waals surface area contributed by atoms with Gasteiger partial charge in [0.25, 0.3) is 0 Å². The predicted molar refractivity (Wildman–Crippen MR) is 94.7 cm³/mol. The largest absolute Gasteiger partial charge is 0.371 e. The summed E-state index contributed by atoms with van der Waals surface area (Å²) >= 11 is 0. The Bertz CT molecular complexity index is 660. The molecule has 0 saturated carbocycles. The number of nitrogens with one attached hydrogen (secondary N) is 1. The minimum atomic E-state index is -3.48. The Balaban J connectivity index is 2.15. The molecule has 0 radical (unpaired) electrons. The van der Waals surface area contributed by atoms with Gasteiger partial charge in [-0.25, -0.2) is 8.42 Å². The van der Waals surface area contributed by atoms with Crippen molar-refractivity contribution in [3.05, 3.63) is 24.3 Å². The van der Waals surface area contributed by atoms with Gasteiger partial charge in [0.2, 0.25) is 5.91 Å². The summed E-state index contributed by atoms with van der Waals surface area (Å²) in [6, 6.07) is 7.63. The maximum atomic E-state index is 12.3. The minimum Gasteiger partial charge on any atom is -0.371 e. The first-order chi connectivity index (χ1) is 10.7. The average molecular weight is 338 g/mol. The summed E-state index contributed by atoms with van der Waals surface area (Å²) in [5, 5.41) is 2.74. The van der Waals surface area contributed by atoms with Gasteiger partial charge in [-0.05, 0) is 44.9 Å². The fourth-order valence-corrected chi connectivity index (χ4v) is 2.95. The monoisotopic (exact) mass is 338 g/mol. The van der Waals surface area contributed by atoms with E-state index in [0.717, 1.165) is 25.0 Å². The summed E-state index contributed by atoms with van der Waals surface area (Å²) in [5.41, 5.74) is 1.70. The van der Waals surface area contributed by atoms with Crippen LogP contribution in [-0.2, 0) is 14.6 Å². The molecule has 128 valence electrons. The predicted octanol–water partition coefficient (Wildman–Crippen LogP) is 2.83. The van der Waals surface area contributed by atoms with Crippen molar-refractivity contribution in [1.82, 2.24) is 0 Å². The van der Waals surface area contributed by atoms with Crippen molar-refractivity contribution in [1.29, 1.82) is 0 Å². The lowest BCUT2D eigenvalue weighted by atomic mass is 10.1. The molecule has 0 unspecified atom stereocenters. The summed E-state index contributed by atoms with van der Waals surface area (Å²) in [6.07, 6.45) is 5.96. The Morgan fingerprint density at radius 2 is 1.74 bits per heavy atom. The first-order valence-corrected chi connectivity index (χ1v) is 9.97. The second kappa shape index (κ2) is 6.91. The van der Waals surface area contributed by atoms with E-state index in [9.17, 15) is 13.2 Å². The smallest absolute Gasteiger partial charge is 0.245 e. The molecular formula is C17H26N2O3S. The second-order valence-corrected chi connectivity index (χ2v) is 9.25. The maximum Gasteiger partial charge on any atom is 0.245 e. The minimum absolute atomic E-state index is 0.506.